The van der Waals surface area contributed by atoms with Gasteiger partial charge in [0, 0.05) is 18.3 Å². The van der Waals surface area contributed by atoms with E-state index in [-0.39, 0.29) is 0 Å². The topological polar surface area (TPSA) is 27.6 Å². The van der Waals surface area contributed by atoms with Gasteiger partial charge in [0.05, 0.1) is 6.54 Å². The quantitative estimate of drug-likeness (QED) is 0.554. The van der Waals surface area contributed by atoms with E-state index in [1.54, 1.807) is 0 Å². The molecule has 0 amide bonds. The maximum atomic E-state index is 4.48. The van der Waals surface area contributed by atoms with Gasteiger partial charge >= 0.3 is 0 Å². The van der Waals surface area contributed by atoms with Gasteiger partial charge in [-0.05, 0) is 45.2 Å². The standard InChI is InChI=1S/C19H37N3S/c1-2-3-4-5-7-11-18(22-15-8-6-9-16-22)12-10-13-20-19-21-14-17-23-19/h18H,2-17H2,1H3,(H,20,21). The zero-order chi connectivity index (χ0) is 16.2. The number of aliphatic imine (C=N–C) groups is 1. The Morgan fingerprint density at radius 3 is 2.57 bits per heavy atom. The fourth-order valence-corrected chi connectivity index (χ4v) is 4.51. The van der Waals surface area contributed by atoms with Crippen LogP contribution in [-0.4, -0.2) is 48.0 Å². The van der Waals surface area contributed by atoms with Gasteiger partial charge in [-0.3, -0.25) is 4.99 Å². The molecule has 2 aliphatic heterocycles. The number of hydrogen-bond donors (Lipinski definition) is 1. The Labute approximate surface area is 148 Å². The molecule has 2 heterocycles. The van der Waals surface area contributed by atoms with E-state index in [1.807, 2.05) is 11.8 Å². The number of likely N-dealkylation sites (tertiary alicyclic amines) is 1. The van der Waals surface area contributed by atoms with Crippen molar-refractivity contribution in [3.8, 4) is 0 Å². The molecule has 0 spiro atoms. The molecule has 134 valence electrons. The Morgan fingerprint density at radius 2 is 1.83 bits per heavy atom. The average Bonchev–Trinajstić information content (AvgIpc) is 3.11. The molecule has 2 rings (SSSR count). The third-order valence-electron chi connectivity index (χ3n) is 5.12. The summed E-state index contributed by atoms with van der Waals surface area (Å²) in [5, 5.41) is 4.70. The van der Waals surface area contributed by atoms with Crippen molar-refractivity contribution in [1.82, 2.24) is 10.2 Å². The van der Waals surface area contributed by atoms with Gasteiger partial charge in [0.25, 0.3) is 0 Å². The first kappa shape index (κ1) is 19.1. The molecule has 1 fully saturated rings. The first-order valence-corrected chi connectivity index (χ1v) is 11.0. The van der Waals surface area contributed by atoms with Crippen molar-refractivity contribution in [2.75, 3.05) is 31.9 Å². The van der Waals surface area contributed by atoms with E-state index in [1.165, 1.54) is 88.9 Å². The third kappa shape index (κ3) is 7.93. The maximum Gasteiger partial charge on any atom is 0.156 e. The SMILES string of the molecule is CCCCCCCC(CCCNC1=NCCS1)N1CCCCC1. The first-order chi connectivity index (χ1) is 11.4. The highest BCUT2D eigenvalue weighted by Gasteiger charge is 2.20. The smallest absolute Gasteiger partial charge is 0.156 e. The second-order valence-corrected chi connectivity index (χ2v) is 8.14. The molecule has 0 radical (unpaired) electrons. The van der Waals surface area contributed by atoms with Crippen LogP contribution >= 0.6 is 11.8 Å². The van der Waals surface area contributed by atoms with Gasteiger partial charge in [0.1, 0.15) is 0 Å². The molecule has 1 N–H and O–H groups in total. The third-order valence-corrected chi connectivity index (χ3v) is 6.06. The lowest BCUT2D eigenvalue weighted by Gasteiger charge is -2.35. The highest BCUT2D eigenvalue weighted by molar-refractivity contribution is 8.14. The van der Waals surface area contributed by atoms with Crippen molar-refractivity contribution < 1.29 is 0 Å². The van der Waals surface area contributed by atoms with E-state index in [0.29, 0.717) is 0 Å². The van der Waals surface area contributed by atoms with Gasteiger partial charge in [-0.1, -0.05) is 57.2 Å². The van der Waals surface area contributed by atoms with Crippen LogP contribution in [0, 0.1) is 0 Å². The van der Waals surface area contributed by atoms with Crippen LogP contribution in [0.25, 0.3) is 0 Å². The van der Waals surface area contributed by atoms with Crippen LogP contribution in [0.1, 0.15) is 77.6 Å². The van der Waals surface area contributed by atoms with Gasteiger partial charge in [-0.15, -0.1) is 0 Å². The van der Waals surface area contributed by atoms with E-state index >= 15 is 0 Å². The number of unbranched alkanes of at least 4 members (excludes halogenated alkanes) is 4. The number of hydrogen-bond acceptors (Lipinski definition) is 4. The lowest BCUT2D eigenvalue weighted by molar-refractivity contribution is 0.143. The molecule has 0 aliphatic carbocycles. The normalized spacial score (nSPS) is 20.5. The molecule has 3 nitrogen and oxygen atoms in total. The van der Waals surface area contributed by atoms with Crippen molar-refractivity contribution in [3.63, 3.8) is 0 Å². The molecule has 0 aromatic rings. The number of nitrogens with one attached hydrogen (secondary N) is 1. The lowest BCUT2D eigenvalue weighted by Crippen LogP contribution is -2.39. The maximum absolute atomic E-state index is 4.48. The van der Waals surface area contributed by atoms with Crippen LogP contribution in [0.4, 0.5) is 0 Å². The summed E-state index contributed by atoms with van der Waals surface area (Å²) in [4.78, 5) is 7.28. The van der Waals surface area contributed by atoms with Crippen LogP contribution in [0.15, 0.2) is 4.99 Å². The molecule has 0 saturated carbocycles. The van der Waals surface area contributed by atoms with Gasteiger partial charge in [-0.25, -0.2) is 0 Å². The Bertz CT molecular complexity index is 327. The fourth-order valence-electron chi connectivity index (χ4n) is 3.75. The van der Waals surface area contributed by atoms with Crippen LogP contribution in [0.5, 0.6) is 0 Å². The van der Waals surface area contributed by atoms with Crippen molar-refractivity contribution in [2.24, 2.45) is 4.99 Å². The molecule has 2 aliphatic rings. The summed E-state index contributed by atoms with van der Waals surface area (Å²) in [6, 6.07) is 0.830. The highest BCUT2D eigenvalue weighted by atomic mass is 32.2. The van der Waals surface area contributed by atoms with Gasteiger partial charge < -0.3 is 10.2 Å². The number of thioether (sulfide) groups is 1. The minimum atomic E-state index is 0.830. The summed E-state index contributed by atoms with van der Waals surface area (Å²) in [5.41, 5.74) is 0. The molecular weight excluding hydrogens is 302 g/mol. The van der Waals surface area contributed by atoms with Crippen LogP contribution in [0.2, 0.25) is 0 Å². The van der Waals surface area contributed by atoms with Crippen molar-refractivity contribution in [3.05, 3.63) is 0 Å². The highest BCUT2D eigenvalue weighted by Crippen LogP contribution is 2.20. The van der Waals surface area contributed by atoms with E-state index in [2.05, 4.69) is 22.1 Å². The summed E-state index contributed by atoms with van der Waals surface area (Å²) in [7, 11) is 0. The number of nitrogens with zero attached hydrogens (tertiary/aromatic N) is 2. The molecule has 1 saturated heterocycles. The van der Waals surface area contributed by atoms with E-state index < -0.39 is 0 Å². The van der Waals surface area contributed by atoms with E-state index in [4.69, 9.17) is 0 Å². The van der Waals surface area contributed by atoms with Gasteiger partial charge in [-0.2, -0.15) is 0 Å². The largest absolute Gasteiger partial charge is 0.365 e. The van der Waals surface area contributed by atoms with Crippen molar-refractivity contribution in [2.45, 2.75) is 83.6 Å². The number of piperidine rings is 1. The Kier molecular flexibility index (Phi) is 10.1. The van der Waals surface area contributed by atoms with E-state index in [0.717, 1.165) is 24.9 Å². The molecule has 0 bridgehead atoms. The second-order valence-electron chi connectivity index (χ2n) is 7.06. The minimum absolute atomic E-state index is 0.830. The summed E-state index contributed by atoms with van der Waals surface area (Å²) < 4.78 is 0. The molecule has 1 unspecified atom stereocenters. The molecule has 4 heteroatoms. The summed E-state index contributed by atoms with van der Waals surface area (Å²) in [5.74, 6) is 1.16. The Hall–Kier alpha value is -0.220. The minimum Gasteiger partial charge on any atom is -0.365 e. The molecule has 0 aromatic carbocycles. The van der Waals surface area contributed by atoms with Crippen molar-refractivity contribution in [1.29, 1.82) is 0 Å². The predicted molar refractivity (Wildman–Crippen MR) is 105 cm³/mol. The first-order valence-electron chi connectivity index (χ1n) is 10.1. The number of rotatable bonds is 11. The summed E-state index contributed by atoms with van der Waals surface area (Å²) in [6.07, 6.45) is 15.4. The zero-order valence-electron chi connectivity index (χ0n) is 15.2. The summed E-state index contributed by atoms with van der Waals surface area (Å²) in [6.45, 7) is 7.09. The van der Waals surface area contributed by atoms with E-state index in [9.17, 15) is 0 Å². The van der Waals surface area contributed by atoms with Crippen LogP contribution in [0.3, 0.4) is 0 Å². The average molecular weight is 340 g/mol. The fraction of sp³-hybridized carbons (Fsp3) is 0.947. The second kappa shape index (κ2) is 12.2. The monoisotopic (exact) mass is 339 g/mol. The molecule has 23 heavy (non-hydrogen) atoms. The summed E-state index contributed by atoms with van der Waals surface area (Å²) >= 11 is 1.88. The van der Waals surface area contributed by atoms with Crippen LogP contribution in [-0.2, 0) is 0 Å². The molecule has 1 atom stereocenters. The molecular formula is C19H37N3S. The lowest BCUT2D eigenvalue weighted by atomic mass is 9.98. The van der Waals surface area contributed by atoms with Crippen LogP contribution < -0.4 is 5.32 Å². The van der Waals surface area contributed by atoms with Gasteiger partial charge in [0.15, 0.2) is 5.17 Å². The number of amidine groups is 1. The Balaban J connectivity index is 1.64. The zero-order valence-corrected chi connectivity index (χ0v) is 16.0. The molecule has 0 aromatic heterocycles. The van der Waals surface area contributed by atoms with Gasteiger partial charge in [0.2, 0.25) is 0 Å². The van der Waals surface area contributed by atoms with Crippen molar-refractivity contribution >= 4 is 16.9 Å². The Morgan fingerprint density at radius 1 is 1.04 bits per heavy atom. The predicted octanol–water partition coefficient (Wildman–Crippen LogP) is 4.67.